The normalized spacial score (nSPS) is 11.7. The maximum Gasteiger partial charge on any atom is 0.240 e. The van der Waals surface area contributed by atoms with E-state index in [1.165, 1.54) is 6.33 Å². The SMILES string of the molecule is O=S(=O)(NCCc1ncn[nH]1)c1ccc(F)c(F)c1. The maximum atomic E-state index is 13.0. The summed E-state index contributed by atoms with van der Waals surface area (Å²) in [5.74, 6) is -1.79. The largest absolute Gasteiger partial charge is 0.263 e. The van der Waals surface area contributed by atoms with Crippen LogP contribution in [0.25, 0.3) is 0 Å². The van der Waals surface area contributed by atoms with Crippen LogP contribution in [0.3, 0.4) is 0 Å². The zero-order chi connectivity index (χ0) is 13.9. The van der Waals surface area contributed by atoms with Crippen LogP contribution in [0.1, 0.15) is 5.82 Å². The summed E-state index contributed by atoms with van der Waals surface area (Å²) in [7, 11) is -3.87. The maximum absolute atomic E-state index is 13.0. The van der Waals surface area contributed by atoms with Crippen molar-refractivity contribution in [3.8, 4) is 0 Å². The van der Waals surface area contributed by atoms with Crippen molar-refractivity contribution in [2.75, 3.05) is 6.54 Å². The van der Waals surface area contributed by atoms with Crippen molar-refractivity contribution in [2.24, 2.45) is 0 Å². The standard InChI is InChI=1S/C10H10F2N4O2S/c11-8-2-1-7(5-9(8)12)19(17,18)15-4-3-10-13-6-14-16-10/h1-2,5-6,15H,3-4H2,(H,13,14,16). The van der Waals surface area contributed by atoms with E-state index in [2.05, 4.69) is 19.9 Å². The van der Waals surface area contributed by atoms with E-state index in [4.69, 9.17) is 0 Å². The number of H-pyrrole nitrogens is 1. The van der Waals surface area contributed by atoms with Gasteiger partial charge in [0.25, 0.3) is 0 Å². The number of aromatic amines is 1. The molecule has 0 saturated carbocycles. The molecule has 1 aromatic heterocycles. The Morgan fingerprint density at radius 1 is 1.26 bits per heavy atom. The molecule has 0 atom stereocenters. The first-order valence-corrected chi connectivity index (χ1v) is 6.76. The molecule has 0 bridgehead atoms. The van der Waals surface area contributed by atoms with Gasteiger partial charge in [-0.15, -0.1) is 0 Å². The first-order valence-electron chi connectivity index (χ1n) is 5.28. The smallest absolute Gasteiger partial charge is 0.240 e. The van der Waals surface area contributed by atoms with Gasteiger partial charge in [-0.25, -0.2) is 26.9 Å². The summed E-state index contributed by atoms with van der Waals surface area (Å²) in [5, 5.41) is 6.19. The Hall–Kier alpha value is -1.87. The van der Waals surface area contributed by atoms with E-state index in [0.717, 1.165) is 12.1 Å². The molecule has 1 aromatic carbocycles. The molecule has 19 heavy (non-hydrogen) atoms. The Balaban J connectivity index is 2.03. The number of nitrogens with one attached hydrogen (secondary N) is 2. The van der Waals surface area contributed by atoms with E-state index in [0.29, 0.717) is 18.3 Å². The molecule has 0 amide bonds. The number of sulfonamides is 1. The summed E-state index contributed by atoms with van der Waals surface area (Å²) < 4.78 is 51.5. The molecule has 0 unspecified atom stereocenters. The molecular formula is C10H10F2N4O2S. The molecule has 0 radical (unpaired) electrons. The number of hydrogen-bond acceptors (Lipinski definition) is 4. The van der Waals surface area contributed by atoms with Gasteiger partial charge in [0, 0.05) is 13.0 Å². The minimum Gasteiger partial charge on any atom is -0.263 e. The van der Waals surface area contributed by atoms with E-state index in [9.17, 15) is 17.2 Å². The van der Waals surface area contributed by atoms with Gasteiger partial charge in [0.15, 0.2) is 11.6 Å². The lowest BCUT2D eigenvalue weighted by atomic mass is 10.3. The Labute approximate surface area is 107 Å². The van der Waals surface area contributed by atoms with Crippen LogP contribution >= 0.6 is 0 Å². The number of rotatable bonds is 5. The summed E-state index contributed by atoms with van der Waals surface area (Å²) in [4.78, 5) is 3.49. The third-order valence-electron chi connectivity index (χ3n) is 2.32. The predicted octanol–water partition coefficient (Wildman–Crippen LogP) is 0.604. The van der Waals surface area contributed by atoms with Crippen LogP contribution in [0.4, 0.5) is 8.78 Å². The summed E-state index contributed by atoms with van der Waals surface area (Å²) in [6, 6.07) is 2.39. The van der Waals surface area contributed by atoms with Crippen LogP contribution < -0.4 is 4.72 Å². The molecule has 1 heterocycles. The molecule has 2 N–H and O–H groups in total. The summed E-state index contributed by atoms with van der Waals surface area (Å²) >= 11 is 0. The van der Waals surface area contributed by atoms with Crippen molar-refractivity contribution >= 4 is 10.0 Å². The van der Waals surface area contributed by atoms with E-state index in [1.54, 1.807) is 0 Å². The van der Waals surface area contributed by atoms with Gasteiger partial charge < -0.3 is 0 Å². The molecule has 0 fully saturated rings. The third kappa shape index (κ3) is 3.32. The summed E-state index contributed by atoms with van der Waals surface area (Å²) in [6.07, 6.45) is 1.61. The monoisotopic (exact) mass is 288 g/mol. The van der Waals surface area contributed by atoms with Gasteiger partial charge in [-0.2, -0.15) is 5.10 Å². The zero-order valence-corrected chi connectivity index (χ0v) is 10.4. The fourth-order valence-electron chi connectivity index (χ4n) is 1.38. The highest BCUT2D eigenvalue weighted by molar-refractivity contribution is 7.89. The average Bonchev–Trinajstić information content (AvgIpc) is 2.85. The van der Waals surface area contributed by atoms with Gasteiger partial charge >= 0.3 is 0 Å². The molecule has 0 spiro atoms. The van der Waals surface area contributed by atoms with Gasteiger partial charge in [0.2, 0.25) is 10.0 Å². The van der Waals surface area contributed by atoms with E-state index < -0.39 is 21.7 Å². The predicted molar refractivity (Wildman–Crippen MR) is 61.6 cm³/mol. The van der Waals surface area contributed by atoms with Crippen LogP contribution in [0.5, 0.6) is 0 Å². The lowest BCUT2D eigenvalue weighted by molar-refractivity contribution is 0.504. The van der Waals surface area contributed by atoms with Gasteiger partial charge in [-0.1, -0.05) is 0 Å². The number of aromatic nitrogens is 3. The second-order valence-corrected chi connectivity index (χ2v) is 5.42. The van der Waals surface area contributed by atoms with Crippen LogP contribution in [0.2, 0.25) is 0 Å². The van der Waals surface area contributed by atoms with Crippen molar-refractivity contribution in [1.82, 2.24) is 19.9 Å². The Morgan fingerprint density at radius 2 is 2.05 bits per heavy atom. The highest BCUT2D eigenvalue weighted by Gasteiger charge is 2.16. The Bertz CT molecular complexity index is 658. The summed E-state index contributed by atoms with van der Waals surface area (Å²) in [5.41, 5.74) is 0. The lowest BCUT2D eigenvalue weighted by Gasteiger charge is -2.06. The first-order chi connectivity index (χ1) is 8.99. The minimum absolute atomic E-state index is 0.0660. The molecule has 2 rings (SSSR count). The van der Waals surface area contributed by atoms with Crippen molar-refractivity contribution in [1.29, 1.82) is 0 Å². The molecule has 6 nitrogen and oxygen atoms in total. The quantitative estimate of drug-likeness (QED) is 0.843. The average molecular weight is 288 g/mol. The number of benzene rings is 1. The second kappa shape index (κ2) is 5.41. The van der Waals surface area contributed by atoms with Crippen LogP contribution in [-0.2, 0) is 16.4 Å². The van der Waals surface area contributed by atoms with Crippen LogP contribution in [0.15, 0.2) is 29.4 Å². The van der Waals surface area contributed by atoms with Crippen LogP contribution in [-0.4, -0.2) is 30.1 Å². The number of nitrogens with zero attached hydrogens (tertiary/aromatic N) is 2. The van der Waals surface area contributed by atoms with E-state index >= 15 is 0 Å². The van der Waals surface area contributed by atoms with Crippen molar-refractivity contribution in [2.45, 2.75) is 11.3 Å². The molecule has 102 valence electrons. The molecular weight excluding hydrogens is 278 g/mol. The highest BCUT2D eigenvalue weighted by Crippen LogP contribution is 2.13. The molecule has 0 saturated heterocycles. The van der Waals surface area contributed by atoms with E-state index in [1.807, 2.05) is 0 Å². The van der Waals surface area contributed by atoms with Gasteiger partial charge in [0.05, 0.1) is 4.90 Å². The third-order valence-corrected chi connectivity index (χ3v) is 3.78. The summed E-state index contributed by atoms with van der Waals surface area (Å²) in [6.45, 7) is 0.0660. The van der Waals surface area contributed by atoms with Gasteiger partial charge in [-0.3, -0.25) is 5.10 Å². The van der Waals surface area contributed by atoms with Crippen molar-refractivity contribution in [3.05, 3.63) is 42.0 Å². The number of hydrogen-bond donors (Lipinski definition) is 2. The molecule has 0 aliphatic rings. The molecule has 0 aliphatic carbocycles. The van der Waals surface area contributed by atoms with E-state index in [-0.39, 0.29) is 11.4 Å². The first kappa shape index (κ1) is 13.6. The Kier molecular flexibility index (Phi) is 3.86. The Morgan fingerprint density at radius 3 is 2.68 bits per heavy atom. The molecule has 9 heteroatoms. The second-order valence-electron chi connectivity index (χ2n) is 3.66. The van der Waals surface area contributed by atoms with Gasteiger partial charge in [-0.05, 0) is 18.2 Å². The van der Waals surface area contributed by atoms with Crippen molar-refractivity contribution in [3.63, 3.8) is 0 Å². The fraction of sp³-hybridized carbons (Fsp3) is 0.200. The number of halogens is 2. The van der Waals surface area contributed by atoms with Gasteiger partial charge in [0.1, 0.15) is 12.2 Å². The lowest BCUT2D eigenvalue weighted by Crippen LogP contribution is -2.26. The molecule has 0 aliphatic heterocycles. The molecule has 2 aromatic rings. The van der Waals surface area contributed by atoms with Crippen LogP contribution in [0, 0.1) is 11.6 Å². The zero-order valence-electron chi connectivity index (χ0n) is 9.60. The van der Waals surface area contributed by atoms with Crippen molar-refractivity contribution < 1.29 is 17.2 Å². The highest BCUT2D eigenvalue weighted by atomic mass is 32.2. The topological polar surface area (TPSA) is 87.7 Å². The minimum atomic E-state index is -3.87. The fourth-order valence-corrected chi connectivity index (χ4v) is 2.43.